The third-order valence-electron chi connectivity index (χ3n) is 4.34. The van der Waals surface area contributed by atoms with Crippen molar-refractivity contribution in [2.75, 3.05) is 5.32 Å². The van der Waals surface area contributed by atoms with E-state index in [4.69, 9.17) is 32.7 Å². The lowest BCUT2D eigenvalue weighted by Gasteiger charge is -2.10. The zero-order chi connectivity index (χ0) is 23.2. The summed E-state index contributed by atoms with van der Waals surface area (Å²) >= 11 is 13.2. The van der Waals surface area contributed by atoms with Crippen molar-refractivity contribution in [3.63, 3.8) is 0 Å². The number of hydrogen-bond acceptors (Lipinski definition) is 7. The molecule has 0 aliphatic rings. The SMILES string of the molecule is Cc1csc(NC(=O)c2cc(OCc3ccc(Cl)cc3)nc(OCc3ccc(Cl)cc3)n2)n1. The number of ether oxygens (including phenoxy) is 2. The number of aromatic nitrogens is 3. The smallest absolute Gasteiger partial charge is 0.320 e. The van der Waals surface area contributed by atoms with E-state index in [1.54, 1.807) is 24.3 Å². The van der Waals surface area contributed by atoms with E-state index in [1.165, 1.54) is 17.4 Å². The van der Waals surface area contributed by atoms with Crippen molar-refractivity contribution in [1.82, 2.24) is 15.0 Å². The molecule has 2 aromatic heterocycles. The Bertz CT molecular complexity index is 1180. The van der Waals surface area contributed by atoms with Crippen molar-refractivity contribution < 1.29 is 14.3 Å². The van der Waals surface area contributed by atoms with E-state index in [-0.39, 0.29) is 30.8 Å². The van der Waals surface area contributed by atoms with Gasteiger partial charge < -0.3 is 9.47 Å². The van der Waals surface area contributed by atoms with Crippen LogP contribution in [0.1, 0.15) is 27.3 Å². The number of anilines is 1. The highest BCUT2D eigenvalue weighted by Gasteiger charge is 2.16. The molecule has 4 aromatic rings. The summed E-state index contributed by atoms with van der Waals surface area (Å²) in [5.74, 6) is -0.244. The molecule has 0 aliphatic carbocycles. The van der Waals surface area contributed by atoms with Gasteiger partial charge >= 0.3 is 6.01 Å². The van der Waals surface area contributed by atoms with Crippen LogP contribution in [0.15, 0.2) is 60.0 Å². The van der Waals surface area contributed by atoms with Crippen LogP contribution in [0.4, 0.5) is 5.13 Å². The molecule has 0 saturated heterocycles. The number of nitrogens with one attached hydrogen (secondary N) is 1. The summed E-state index contributed by atoms with van der Waals surface area (Å²) in [6, 6.07) is 15.9. The largest absolute Gasteiger partial charge is 0.473 e. The lowest BCUT2D eigenvalue weighted by Crippen LogP contribution is -2.15. The van der Waals surface area contributed by atoms with Gasteiger partial charge in [0.25, 0.3) is 5.91 Å². The van der Waals surface area contributed by atoms with Crippen molar-refractivity contribution >= 4 is 45.6 Å². The van der Waals surface area contributed by atoms with Crippen LogP contribution >= 0.6 is 34.5 Å². The molecule has 4 rings (SSSR count). The van der Waals surface area contributed by atoms with Gasteiger partial charge in [0.05, 0.1) is 5.69 Å². The summed E-state index contributed by atoms with van der Waals surface area (Å²) in [6.07, 6.45) is 0. The normalized spacial score (nSPS) is 10.6. The molecule has 168 valence electrons. The second-order valence-corrected chi connectivity index (χ2v) is 8.68. The molecule has 1 amide bonds. The number of benzene rings is 2. The Balaban J connectivity index is 1.53. The van der Waals surface area contributed by atoms with Crippen LogP contribution in [0.3, 0.4) is 0 Å². The fourth-order valence-electron chi connectivity index (χ4n) is 2.70. The molecule has 0 spiro atoms. The molecular weight excluding hydrogens is 483 g/mol. The molecule has 2 heterocycles. The van der Waals surface area contributed by atoms with Gasteiger partial charge in [0.1, 0.15) is 18.9 Å². The molecule has 1 N–H and O–H groups in total. The third-order valence-corrected chi connectivity index (χ3v) is 5.71. The highest BCUT2D eigenvalue weighted by atomic mass is 35.5. The molecule has 0 radical (unpaired) electrons. The summed E-state index contributed by atoms with van der Waals surface area (Å²) < 4.78 is 11.5. The molecule has 10 heteroatoms. The Labute approximate surface area is 204 Å². The van der Waals surface area contributed by atoms with Crippen molar-refractivity contribution in [3.05, 3.63) is 92.5 Å². The lowest BCUT2D eigenvalue weighted by molar-refractivity contribution is 0.101. The minimum atomic E-state index is -0.445. The summed E-state index contributed by atoms with van der Waals surface area (Å²) in [7, 11) is 0. The van der Waals surface area contributed by atoms with E-state index >= 15 is 0 Å². The maximum atomic E-state index is 12.8. The number of halogens is 2. The van der Waals surface area contributed by atoms with Crippen LogP contribution in [0.2, 0.25) is 10.0 Å². The topological polar surface area (TPSA) is 86.2 Å². The minimum absolute atomic E-state index is 0.0130. The van der Waals surface area contributed by atoms with Crippen LogP contribution in [0, 0.1) is 6.92 Å². The first-order chi connectivity index (χ1) is 15.9. The maximum Gasteiger partial charge on any atom is 0.320 e. The number of carbonyl (C=O) groups excluding carboxylic acids is 1. The molecule has 33 heavy (non-hydrogen) atoms. The van der Waals surface area contributed by atoms with Crippen LogP contribution < -0.4 is 14.8 Å². The van der Waals surface area contributed by atoms with Crippen LogP contribution in [0.25, 0.3) is 0 Å². The first-order valence-corrected chi connectivity index (χ1v) is 11.5. The molecule has 2 aromatic carbocycles. The van der Waals surface area contributed by atoms with E-state index in [9.17, 15) is 4.79 Å². The Kier molecular flexibility index (Phi) is 7.39. The van der Waals surface area contributed by atoms with Gasteiger partial charge in [-0.15, -0.1) is 11.3 Å². The van der Waals surface area contributed by atoms with E-state index in [1.807, 2.05) is 36.6 Å². The lowest BCUT2D eigenvalue weighted by atomic mass is 10.2. The van der Waals surface area contributed by atoms with Gasteiger partial charge in [-0.05, 0) is 42.3 Å². The average molecular weight is 501 g/mol. The summed E-state index contributed by atoms with van der Waals surface area (Å²) in [6.45, 7) is 2.28. The number of thiazole rings is 1. The van der Waals surface area contributed by atoms with E-state index < -0.39 is 5.91 Å². The Hall–Kier alpha value is -3.20. The van der Waals surface area contributed by atoms with Crippen molar-refractivity contribution in [2.45, 2.75) is 20.1 Å². The number of nitrogens with zero attached hydrogens (tertiary/aromatic N) is 3. The molecule has 0 unspecified atom stereocenters. The Morgan fingerprint density at radius 3 is 2.09 bits per heavy atom. The summed E-state index contributed by atoms with van der Waals surface area (Å²) in [5.41, 5.74) is 2.68. The zero-order valence-electron chi connectivity index (χ0n) is 17.4. The number of carbonyl (C=O) groups is 1. The van der Waals surface area contributed by atoms with Crippen LogP contribution in [-0.2, 0) is 13.2 Å². The Morgan fingerprint density at radius 2 is 1.52 bits per heavy atom. The highest BCUT2D eigenvalue weighted by molar-refractivity contribution is 7.13. The molecule has 0 bridgehead atoms. The van der Waals surface area contributed by atoms with Gasteiger partial charge in [-0.25, -0.2) is 4.98 Å². The Morgan fingerprint density at radius 1 is 0.909 bits per heavy atom. The second-order valence-electron chi connectivity index (χ2n) is 6.95. The number of aryl methyl sites for hydroxylation is 1. The zero-order valence-corrected chi connectivity index (χ0v) is 19.7. The van der Waals surface area contributed by atoms with E-state index in [0.717, 1.165) is 16.8 Å². The first-order valence-electron chi connectivity index (χ1n) is 9.82. The standard InChI is InChI=1S/C23H18Cl2N4O3S/c1-14-13-33-23(26-14)29-21(30)19-10-20(31-11-15-2-6-17(24)7-3-15)28-22(27-19)32-12-16-4-8-18(25)9-5-16/h2-10,13H,11-12H2,1H3,(H,26,29,30). The van der Waals surface area contributed by atoms with Crippen molar-refractivity contribution in [1.29, 1.82) is 0 Å². The van der Waals surface area contributed by atoms with E-state index in [0.29, 0.717) is 15.2 Å². The minimum Gasteiger partial charge on any atom is -0.473 e. The van der Waals surface area contributed by atoms with Gasteiger partial charge in [0.15, 0.2) is 5.13 Å². The first kappa shape index (κ1) is 23.0. The molecule has 0 aliphatic heterocycles. The second kappa shape index (κ2) is 10.6. The van der Waals surface area contributed by atoms with Crippen molar-refractivity contribution in [2.24, 2.45) is 0 Å². The average Bonchev–Trinajstić information content (AvgIpc) is 3.22. The predicted molar refractivity (Wildman–Crippen MR) is 128 cm³/mol. The third kappa shape index (κ3) is 6.64. The number of hydrogen-bond donors (Lipinski definition) is 1. The van der Waals surface area contributed by atoms with Crippen molar-refractivity contribution in [3.8, 4) is 11.9 Å². The highest BCUT2D eigenvalue weighted by Crippen LogP contribution is 2.20. The quantitative estimate of drug-likeness (QED) is 0.321. The van der Waals surface area contributed by atoms with Gasteiger partial charge in [-0.3, -0.25) is 10.1 Å². The molecule has 0 fully saturated rings. The fourth-order valence-corrected chi connectivity index (χ4v) is 3.63. The summed E-state index contributed by atoms with van der Waals surface area (Å²) in [5, 5.41) is 6.31. The number of amides is 1. The summed E-state index contributed by atoms with van der Waals surface area (Å²) in [4.78, 5) is 25.6. The van der Waals surface area contributed by atoms with Gasteiger partial charge in [-0.1, -0.05) is 47.5 Å². The predicted octanol–water partition coefficient (Wildman–Crippen LogP) is 5.96. The molecule has 0 saturated carbocycles. The molecular formula is C23H18Cl2N4O3S. The monoisotopic (exact) mass is 500 g/mol. The van der Waals surface area contributed by atoms with Crippen LogP contribution in [-0.4, -0.2) is 20.9 Å². The van der Waals surface area contributed by atoms with Crippen LogP contribution in [0.5, 0.6) is 11.9 Å². The fraction of sp³-hybridized carbons (Fsp3) is 0.130. The number of rotatable bonds is 8. The maximum absolute atomic E-state index is 12.8. The van der Waals surface area contributed by atoms with Gasteiger partial charge in [0.2, 0.25) is 5.88 Å². The van der Waals surface area contributed by atoms with E-state index in [2.05, 4.69) is 20.3 Å². The van der Waals surface area contributed by atoms with Gasteiger partial charge in [0, 0.05) is 21.5 Å². The molecule has 7 nitrogen and oxygen atoms in total. The van der Waals surface area contributed by atoms with Gasteiger partial charge in [-0.2, -0.15) is 9.97 Å². The molecule has 0 atom stereocenters.